The molecule has 112 valence electrons. The Bertz CT molecular complexity index is 805. The first kappa shape index (κ1) is 14.3. The maximum atomic E-state index is 13.5. The molecular weight excluding hydrogens is 291 g/mol. The lowest BCUT2D eigenvalue weighted by Gasteiger charge is -2.33. The van der Waals surface area contributed by atoms with E-state index in [1.807, 2.05) is 17.9 Å². The molecule has 1 aromatic carbocycles. The molecule has 4 nitrogen and oxygen atoms in total. The van der Waals surface area contributed by atoms with Crippen LogP contribution in [0.4, 0.5) is 10.1 Å². The molecule has 6 heteroatoms. The van der Waals surface area contributed by atoms with E-state index in [1.165, 1.54) is 12.1 Å². The van der Waals surface area contributed by atoms with Crippen molar-refractivity contribution in [2.24, 2.45) is 0 Å². The van der Waals surface area contributed by atoms with Crippen molar-refractivity contribution >= 4 is 26.4 Å². The van der Waals surface area contributed by atoms with E-state index in [0.717, 1.165) is 22.3 Å². The zero-order valence-corrected chi connectivity index (χ0v) is 12.8. The second kappa shape index (κ2) is 4.94. The van der Waals surface area contributed by atoms with Gasteiger partial charge in [-0.15, -0.1) is 0 Å². The number of hydrogen-bond acceptors (Lipinski definition) is 4. The van der Waals surface area contributed by atoms with Gasteiger partial charge in [-0.1, -0.05) is 0 Å². The zero-order chi connectivity index (χ0) is 15.2. The van der Waals surface area contributed by atoms with E-state index in [4.69, 9.17) is 0 Å². The van der Waals surface area contributed by atoms with Crippen LogP contribution in [-0.4, -0.2) is 37.5 Å². The molecule has 2 aromatic rings. The Balaban J connectivity index is 2.10. The summed E-state index contributed by atoms with van der Waals surface area (Å²) < 4.78 is 37.2. The predicted octanol–water partition coefficient (Wildman–Crippen LogP) is 2.31. The van der Waals surface area contributed by atoms with Crippen LogP contribution in [0.2, 0.25) is 0 Å². The highest BCUT2D eigenvalue weighted by Gasteiger charge is 2.30. The minimum absolute atomic E-state index is 0.131. The molecule has 1 atom stereocenters. The van der Waals surface area contributed by atoms with Gasteiger partial charge in [-0.25, -0.2) is 12.8 Å². The van der Waals surface area contributed by atoms with Gasteiger partial charge in [-0.3, -0.25) is 4.98 Å². The van der Waals surface area contributed by atoms with Gasteiger partial charge in [-0.2, -0.15) is 0 Å². The highest BCUT2D eigenvalue weighted by atomic mass is 32.2. The number of aryl methyl sites for hydroxylation is 1. The van der Waals surface area contributed by atoms with Gasteiger partial charge in [0.05, 0.1) is 16.5 Å². The molecule has 0 bridgehead atoms. The highest BCUT2D eigenvalue weighted by molar-refractivity contribution is 7.92. The summed E-state index contributed by atoms with van der Waals surface area (Å²) in [6.45, 7) is 4.47. The fraction of sp³-hybridized carbons (Fsp3) is 0.400. The molecule has 3 rings (SSSR count). The lowest BCUT2D eigenvalue weighted by molar-refractivity contribution is 0.569. The van der Waals surface area contributed by atoms with Gasteiger partial charge in [0.2, 0.25) is 0 Å². The number of aromatic nitrogens is 1. The van der Waals surface area contributed by atoms with Crippen LogP contribution in [0.1, 0.15) is 12.6 Å². The van der Waals surface area contributed by atoms with Crippen LogP contribution in [0.3, 0.4) is 0 Å². The van der Waals surface area contributed by atoms with Crippen molar-refractivity contribution in [1.29, 1.82) is 0 Å². The third kappa shape index (κ3) is 2.60. The lowest BCUT2D eigenvalue weighted by atomic mass is 10.1. The Labute approximate surface area is 123 Å². The monoisotopic (exact) mass is 308 g/mol. The van der Waals surface area contributed by atoms with E-state index < -0.39 is 15.1 Å². The molecule has 2 heterocycles. The topological polar surface area (TPSA) is 50.3 Å². The summed E-state index contributed by atoms with van der Waals surface area (Å²) in [5.74, 6) is -0.182. The van der Waals surface area contributed by atoms with E-state index in [0.29, 0.717) is 13.1 Å². The van der Waals surface area contributed by atoms with Gasteiger partial charge in [0.1, 0.15) is 5.82 Å². The smallest absolute Gasteiger partial charge is 0.156 e. The first-order chi connectivity index (χ1) is 9.87. The molecule has 0 N–H and O–H groups in total. The number of pyridine rings is 1. The van der Waals surface area contributed by atoms with E-state index >= 15 is 0 Å². The van der Waals surface area contributed by atoms with Gasteiger partial charge in [0.25, 0.3) is 0 Å². The summed E-state index contributed by atoms with van der Waals surface area (Å²) in [7, 11) is -3.01. The maximum Gasteiger partial charge on any atom is 0.156 e. The van der Waals surface area contributed by atoms with Gasteiger partial charge in [-0.05, 0) is 38.1 Å². The Morgan fingerprint density at radius 1 is 1.33 bits per heavy atom. The van der Waals surface area contributed by atoms with Crippen LogP contribution in [0, 0.1) is 12.7 Å². The second-order valence-electron chi connectivity index (χ2n) is 5.57. The van der Waals surface area contributed by atoms with Gasteiger partial charge >= 0.3 is 0 Å². The Kier molecular flexibility index (Phi) is 3.36. The molecule has 0 aliphatic carbocycles. The summed E-state index contributed by atoms with van der Waals surface area (Å²) in [5.41, 5.74) is 2.43. The summed E-state index contributed by atoms with van der Waals surface area (Å²) in [6, 6.07) is 6.41. The minimum atomic E-state index is -3.01. The van der Waals surface area contributed by atoms with Gasteiger partial charge in [0.15, 0.2) is 9.84 Å². The minimum Gasteiger partial charge on any atom is -0.369 e. The average Bonchev–Trinajstić information content (AvgIpc) is 2.42. The number of fused-ring (bicyclic) bond motifs is 1. The fourth-order valence-electron chi connectivity index (χ4n) is 2.74. The van der Waals surface area contributed by atoms with Crippen molar-refractivity contribution in [3.05, 3.63) is 35.8 Å². The number of benzene rings is 1. The third-order valence-corrected chi connectivity index (χ3v) is 6.08. The summed E-state index contributed by atoms with van der Waals surface area (Å²) in [6.07, 6.45) is 0. The zero-order valence-electron chi connectivity index (χ0n) is 12.0. The van der Waals surface area contributed by atoms with Crippen molar-refractivity contribution in [2.45, 2.75) is 19.1 Å². The summed E-state index contributed by atoms with van der Waals surface area (Å²) in [4.78, 5) is 6.42. The SMILES string of the molecule is Cc1cc(N2CCS(=O)(=O)[C@H](C)C2)c2cc(F)ccc2n1. The van der Waals surface area contributed by atoms with Crippen molar-refractivity contribution in [3.8, 4) is 0 Å². The van der Waals surface area contributed by atoms with Crippen LogP contribution >= 0.6 is 0 Å². The molecular formula is C15H17FN2O2S. The standard InChI is InChI=1S/C15H17FN2O2S/c1-10-7-15(13-8-12(16)3-4-14(13)17-10)18-5-6-21(19,20)11(2)9-18/h3-4,7-8,11H,5-6,9H2,1-2H3/t11-/m1/s1. The van der Waals surface area contributed by atoms with Crippen molar-refractivity contribution in [3.63, 3.8) is 0 Å². The van der Waals surface area contributed by atoms with Crippen molar-refractivity contribution in [1.82, 2.24) is 4.98 Å². The van der Waals surface area contributed by atoms with Crippen LogP contribution in [0.25, 0.3) is 10.9 Å². The molecule has 0 amide bonds. The quantitative estimate of drug-likeness (QED) is 0.811. The van der Waals surface area contributed by atoms with Crippen molar-refractivity contribution < 1.29 is 12.8 Å². The number of halogens is 1. The Morgan fingerprint density at radius 2 is 2.10 bits per heavy atom. The van der Waals surface area contributed by atoms with Crippen LogP contribution < -0.4 is 4.90 Å². The van der Waals surface area contributed by atoms with Crippen molar-refractivity contribution in [2.75, 3.05) is 23.7 Å². The van der Waals surface area contributed by atoms with E-state index in [1.54, 1.807) is 13.0 Å². The molecule has 0 saturated carbocycles. The Hall–Kier alpha value is -1.69. The largest absolute Gasteiger partial charge is 0.369 e. The van der Waals surface area contributed by atoms with E-state index in [9.17, 15) is 12.8 Å². The molecule has 1 aliphatic rings. The molecule has 21 heavy (non-hydrogen) atoms. The third-order valence-electron chi connectivity index (χ3n) is 3.95. The van der Waals surface area contributed by atoms with E-state index in [2.05, 4.69) is 4.98 Å². The summed E-state index contributed by atoms with van der Waals surface area (Å²) in [5, 5.41) is 0.315. The predicted molar refractivity (Wildman–Crippen MR) is 81.9 cm³/mol. The highest BCUT2D eigenvalue weighted by Crippen LogP contribution is 2.29. The normalized spacial score (nSPS) is 21.7. The van der Waals surface area contributed by atoms with Crippen LogP contribution in [-0.2, 0) is 9.84 Å². The van der Waals surface area contributed by atoms with Crippen LogP contribution in [0.15, 0.2) is 24.3 Å². The number of nitrogens with zero attached hydrogens (tertiary/aromatic N) is 2. The Morgan fingerprint density at radius 3 is 2.81 bits per heavy atom. The molecule has 1 saturated heterocycles. The second-order valence-corrected chi connectivity index (χ2v) is 8.11. The molecule has 0 radical (unpaired) electrons. The molecule has 1 fully saturated rings. The number of anilines is 1. The fourth-order valence-corrected chi connectivity index (χ4v) is 4.03. The number of rotatable bonds is 1. The lowest BCUT2D eigenvalue weighted by Crippen LogP contribution is -2.45. The number of sulfone groups is 1. The van der Waals surface area contributed by atoms with Gasteiger partial charge in [0, 0.05) is 29.9 Å². The summed E-state index contributed by atoms with van der Waals surface area (Å²) >= 11 is 0. The average molecular weight is 308 g/mol. The maximum absolute atomic E-state index is 13.5. The molecule has 1 aromatic heterocycles. The van der Waals surface area contributed by atoms with E-state index in [-0.39, 0.29) is 11.6 Å². The number of hydrogen-bond donors (Lipinski definition) is 0. The molecule has 1 aliphatic heterocycles. The molecule has 0 unspecified atom stereocenters. The van der Waals surface area contributed by atoms with Gasteiger partial charge < -0.3 is 4.90 Å². The molecule has 0 spiro atoms. The van der Waals surface area contributed by atoms with Crippen LogP contribution in [0.5, 0.6) is 0 Å². The first-order valence-electron chi connectivity index (χ1n) is 6.90. The first-order valence-corrected chi connectivity index (χ1v) is 8.62.